The van der Waals surface area contributed by atoms with Gasteiger partial charge in [0.25, 0.3) is 0 Å². The minimum absolute atomic E-state index is 0. The Bertz CT molecular complexity index is 658. The van der Waals surface area contributed by atoms with Crippen LogP contribution in [0.5, 0.6) is 0 Å². The Morgan fingerprint density at radius 1 is 1.35 bits per heavy atom. The molecule has 0 bridgehead atoms. The van der Waals surface area contributed by atoms with Gasteiger partial charge >= 0.3 is 68.6 Å². The summed E-state index contributed by atoms with van der Waals surface area (Å²) in [6.45, 7) is -4.17. The quantitative estimate of drug-likeness (QED) is 0.191. The van der Waals surface area contributed by atoms with Gasteiger partial charge in [0.05, 0.1) is 0 Å². The molecule has 0 saturated carbocycles. The molecule has 104 valence electrons. The third-order valence-electron chi connectivity index (χ3n) is 2.37. The van der Waals surface area contributed by atoms with Crippen LogP contribution in [0.25, 0.3) is 10.4 Å². The minimum Gasteiger partial charge on any atom is -0.445 e. The fourth-order valence-corrected chi connectivity index (χ4v) is 2.13. The zero-order chi connectivity index (χ0) is 14.8. The van der Waals surface area contributed by atoms with Gasteiger partial charge in [-0.15, -0.1) is 9.35 Å². The molecular weight excluding hydrogens is 328 g/mol. The molecule has 0 saturated heterocycles. The van der Waals surface area contributed by atoms with Crippen molar-refractivity contribution in [2.45, 2.75) is 12.7 Å². The second-order valence-corrected chi connectivity index (χ2v) is 5.14. The molecule has 0 spiro atoms. The first kappa shape index (κ1) is 19.9. The van der Waals surface area contributed by atoms with Crippen LogP contribution in [0.1, 0.15) is 11.1 Å². The van der Waals surface area contributed by atoms with Crippen molar-refractivity contribution in [1.82, 2.24) is 0 Å². The Labute approximate surface area is 155 Å². The Kier molecular flexibility index (Phi) is 7.22. The van der Waals surface area contributed by atoms with Crippen LogP contribution in [0.4, 0.5) is 22.5 Å². The van der Waals surface area contributed by atoms with Crippen LogP contribution in [-0.2, 0) is 16.0 Å². The van der Waals surface area contributed by atoms with Crippen molar-refractivity contribution in [1.29, 1.82) is 0 Å². The fraction of sp³-hybridized carbons (Fsp3) is 0.250. The first-order valence-corrected chi connectivity index (χ1v) is 6.40. The maximum atomic E-state index is 12.6. The van der Waals surface area contributed by atoms with E-state index in [1.54, 1.807) is 0 Å². The molecule has 0 aromatic heterocycles. The number of halogens is 4. The van der Waals surface area contributed by atoms with Gasteiger partial charge < -0.3 is 12.9 Å². The summed E-state index contributed by atoms with van der Waals surface area (Å²) < 4.78 is 71.6. The molecule has 1 rings (SSSR count). The summed E-state index contributed by atoms with van der Waals surface area (Å²) in [4.78, 5) is 2.35. The third kappa shape index (κ3) is 5.72. The van der Waals surface area contributed by atoms with Crippen LogP contribution in [-0.4, -0.2) is 15.4 Å². The molecule has 1 aromatic rings. The molecule has 0 unspecified atom stereocenters. The molecular formula is C8H7BF4KN3O2S. The molecule has 0 amide bonds. The normalized spacial score (nSPS) is 11.4. The molecule has 5 nitrogen and oxygen atoms in total. The first-order valence-electron chi connectivity index (χ1n) is 4.85. The van der Waals surface area contributed by atoms with Crippen LogP contribution >= 0.6 is 0 Å². The molecule has 1 aromatic carbocycles. The number of hydrogen-bond acceptors (Lipinski definition) is 3. The van der Waals surface area contributed by atoms with E-state index in [-0.39, 0.29) is 68.2 Å². The number of hydrogen-bond donors (Lipinski definition) is 0. The zero-order valence-corrected chi connectivity index (χ0v) is 14.5. The average Bonchev–Trinajstić information content (AvgIpc) is 2.20. The van der Waals surface area contributed by atoms with Crippen molar-refractivity contribution in [2.24, 2.45) is 5.11 Å². The van der Waals surface area contributed by atoms with Crippen LogP contribution in [0.15, 0.2) is 17.2 Å². The van der Waals surface area contributed by atoms with Crippen molar-refractivity contribution < 1.29 is 76.6 Å². The van der Waals surface area contributed by atoms with Gasteiger partial charge in [-0.2, -0.15) is 8.42 Å². The van der Waals surface area contributed by atoms with Crippen LogP contribution in [0.2, 0.25) is 0 Å². The number of nitrogens with zero attached hydrogens (tertiary/aromatic N) is 3. The van der Waals surface area contributed by atoms with Crippen LogP contribution in [0.3, 0.4) is 0 Å². The predicted molar refractivity (Wildman–Crippen MR) is 62.4 cm³/mol. The van der Waals surface area contributed by atoms with Gasteiger partial charge in [0.1, 0.15) is 5.75 Å². The Hall–Kier alpha value is -0.0987. The van der Waals surface area contributed by atoms with E-state index in [4.69, 9.17) is 5.53 Å². The van der Waals surface area contributed by atoms with Gasteiger partial charge in [0.15, 0.2) is 0 Å². The molecule has 0 atom stereocenters. The largest absolute Gasteiger partial charge is 1.00 e. The number of benzene rings is 1. The summed E-state index contributed by atoms with van der Waals surface area (Å²) in [5.74, 6) is -1.20. The molecule has 0 radical (unpaired) electrons. The van der Waals surface area contributed by atoms with Crippen molar-refractivity contribution in [2.75, 3.05) is 0 Å². The second-order valence-electron chi connectivity index (χ2n) is 3.77. The average molecular weight is 335 g/mol. The smallest absolute Gasteiger partial charge is 0.445 e. The topological polar surface area (TPSA) is 82.9 Å². The van der Waals surface area contributed by atoms with Crippen molar-refractivity contribution in [3.05, 3.63) is 33.7 Å². The van der Waals surface area contributed by atoms with Gasteiger partial charge in [-0.05, 0) is 23.6 Å². The van der Waals surface area contributed by atoms with E-state index in [0.717, 1.165) is 0 Å². The third-order valence-corrected chi connectivity index (χ3v) is 3.02. The van der Waals surface area contributed by atoms with Gasteiger partial charge in [-0.25, -0.2) is 0 Å². The molecule has 0 aliphatic carbocycles. The maximum absolute atomic E-state index is 12.6. The van der Waals surface area contributed by atoms with Crippen molar-refractivity contribution in [3.8, 4) is 0 Å². The standard InChI is InChI=1S/C8H7BF4N3O2S.K/c1-5-6(4-19(13,17)18)2-7(9(10,11)12)3-8(5)15-16-14;/h2-3H,4H2,1H3;/q-1;+1. The summed E-state index contributed by atoms with van der Waals surface area (Å²) in [5.41, 5.74) is 6.33. The number of azide groups is 1. The van der Waals surface area contributed by atoms with E-state index < -0.39 is 28.4 Å². The Morgan fingerprint density at radius 2 is 1.90 bits per heavy atom. The van der Waals surface area contributed by atoms with Gasteiger partial charge in [-0.3, -0.25) is 0 Å². The molecule has 20 heavy (non-hydrogen) atoms. The molecule has 12 heteroatoms. The van der Waals surface area contributed by atoms with Crippen molar-refractivity contribution >= 4 is 28.4 Å². The van der Waals surface area contributed by atoms with E-state index in [1.807, 2.05) is 0 Å². The Morgan fingerprint density at radius 3 is 2.30 bits per heavy atom. The van der Waals surface area contributed by atoms with Crippen molar-refractivity contribution in [3.63, 3.8) is 0 Å². The van der Waals surface area contributed by atoms with Crippen LogP contribution in [0, 0.1) is 6.92 Å². The molecule has 0 heterocycles. The Balaban J connectivity index is 0.00000361. The first-order chi connectivity index (χ1) is 8.54. The summed E-state index contributed by atoms with van der Waals surface area (Å²) in [7, 11) is -4.99. The molecule has 0 aliphatic heterocycles. The van der Waals surface area contributed by atoms with Gasteiger partial charge in [0, 0.05) is 10.6 Å². The summed E-state index contributed by atoms with van der Waals surface area (Å²) in [6, 6.07) is 1.15. The molecule has 0 N–H and O–H groups in total. The SMILES string of the molecule is Cc1c(CS(=O)(=O)F)cc([B-](F)(F)F)cc1N=[N+]=[N-].[K+]. The molecule has 0 fully saturated rings. The molecule has 0 aliphatic rings. The fourth-order valence-electron chi connectivity index (χ4n) is 1.46. The number of rotatable bonds is 4. The summed E-state index contributed by atoms with van der Waals surface area (Å²) in [5, 5.41) is 3.04. The maximum Gasteiger partial charge on any atom is 1.00 e. The van der Waals surface area contributed by atoms with E-state index >= 15 is 0 Å². The van der Waals surface area contributed by atoms with E-state index in [2.05, 4.69) is 10.0 Å². The van der Waals surface area contributed by atoms with Gasteiger partial charge in [-0.1, -0.05) is 17.2 Å². The monoisotopic (exact) mass is 335 g/mol. The minimum atomic E-state index is -5.42. The summed E-state index contributed by atoms with van der Waals surface area (Å²) in [6.07, 6.45) is 0. The van der Waals surface area contributed by atoms with Gasteiger partial charge in [0.2, 0.25) is 0 Å². The predicted octanol–water partition coefficient (Wildman–Crippen LogP) is -0.205. The van der Waals surface area contributed by atoms with E-state index in [9.17, 15) is 25.3 Å². The zero-order valence-electron chi connectivity index (χ0n) is 10.5. The van der Waals surface area contributed by atoms with E-state index in [1.165, 1.54) is 6.92 Å². The van der Waals surface area contributed by atoms with Crippen LogP contribution < -0.4 is 56.8 Å². The second kappa shape index (κ2) is 7.25. The van der Waals surface area contributed by atoms with E-state index in [0.29, 0.717) is 12.1 Å². The summed E-state index contributed by atoms with van der Waals surface area (Å²) >= 11 is 0.